The van der Waals surface area contributed by atoms with Gasteiger partial charge in [0.15, 0.2) is 0 Å². The molecule has 1 N–H and O–H groups in total. The minimum absolute atomic E-state index is 0.729. The van der Waals surface area contributed by atoms with Crippen LogP contribution in [0.4, 0.5) is 0 Å². The highest BCUT2D eigenvalue weighted by Crippen LogP contribution is 2.34. The number of hydrogen-bond acceptors (Lipinski definition) is 2. The Morgan fingerprint density at radius 2 is 1.69 bits per heavy atom. The molecule has 2 saturated carbocycles. The number of rotatable bonds is 9. The molecule has 0 spiro atoms. The number of hydrogen-bond donors (Lipinski definition) is 1. The van der Waals surface area contributed by atoms with Crippen molar-refractivity contribution < 1.29 is 0 Å². The van der Waals surface area contributed by atoms with Crippen molar-refractivity contribution >= 4 is 0 Å². The lowest BCUT2D eigenvalue weighted by Crippen LogP contribution is -2.42. The van der Waals surface area contributed by atoms with Crippen LogP contribution in [0.1, 0.15) is 46.0 Å². The molecule has 2 rings (SSSR count). The van der Waals surface area contributed by atoms with Crippen LogP contribution in [-0.4, -0.2) is 37.1 Å². The van der Waals surface area contributed by atoms with Crippen molar-refractivity contribution in [1.29, 1.82) is 0 Å². The van der Waals surface area contributed by atoms with Crippen LogP contribution in [0, 0.1) is 11.8 Å². The molecular weight excluding hydrogens is 196 g/mol. The molecule has 1 unspecified atom stereocenters. The van der Waals surface area contributed by atoms with E-state index < -0.39 is 0 Å². The maximum atomic E-state index is 3.56. The second-order valence-corrected chi connectivity index (χ2v) is 5.89. The molecule has 0 heterocycles. The lowest BCUT2D eigenvalue weighted by molar-refractivity contribution is 0.188. The van der Waals surface area contributed by atoms with Crippen LogP contribution in [0.5, 0.6) is 0 Å². The highest BCUT2D eigenvalue weighted by Gasteiger charge is 2.30. The Balaban J connectivity index is 1.68. The van der Waals surface area contributed by atoms with E-state index in [9.17, 15) is 0 Å². The summed E-state index contributed by atoms with van der Waals surface area (Å²) in [6.07, 6.45) is 7.18. The van der Waals surface area contributed by atoms with Crippen molar-refractivity contribution in [3.63, 3.8) is 0 Å². The fourth-order valence-electron chi connectivity index (χ4n) is 2.32. The van der Waals surface area contributed by atoms with Crippen molar-refractivity contribution in [2.75, 3.05) is 26.2 Å². The quantitative estimate of drug-likeness (QED) is 0.605. The lowest BCUT2D eigenvalue weighted by atomic mass is 10.2. The van der Waals surface area contributed by atoms with Gasteiger partial charge in [-0.3, -0.25) is 4.90 Å². The van der Waals surface area contributed by atoms with Crippen molar-refractivity contribution in [2.45, 2.75) is 52.0 Å². The maximum absolute atomic E-state index is 3.56. The summed E-state index contributed by atoms with van der Waals surface area (Å²) in [6.45, 7) is 9.71. The lowest BCUT2D eigenvalue weighted by Gasteiger charge is -2.29. The van der Waals surface area contributed by atoms with Crippen LogP contribution >= 0.6 is 0 Å². The topological polar surface area (TPSA) is 15.3 Å². The summed E-state index contributed by atoms with van der Waals surface area (Å²) in [6, 6.07) is 0.729. The first-order valence-electron chi connectivity index (χ1n) is 7.24. The first-order chi connectivity index (χ1) is 7.79. The molecule has 0 aliphatic heterocycles. The highest BCUT2D eigenvalue weighted by molar-refractivity contribution is 4.85. The first kappa shape index (κ1) is 12.4. The average Bonchev–Trinajstić information content (AvgIpc) is 3.11. The van der Waals surface area contributed by atoms with Gasteiger partial charge in [-0.15, -0.1) is 0 Å². The third-order valence-electron chi connectivity index (χ3n) is 3.87. The van der Waals surface area contributed by atoms with Gasteiger partial charge in [-0.25, -0.2) is 0 Å². The maximum Gasteiger partial charge on any atom is 0.0192 e. The summed E-state index contributed by atoms with van der Waals surface area (Å²) in [5, 5.41) is 3.56. The summed E-state index contributed by atoms with van der Waals surface area (Å²) in [7, 11) is 0. The van der Waals surface area contributed by atoms with Crippen LogP contribution in [0.25, 0.3) is 0 Å². The third kappa shape index (κ3) is 4.42. The average molecular weight is 224 g/mol. The van der Waals surface area contributed by atoms with E-state index in [1.165, 1.54) is 58.3 Å². The van der Waals surface area contributed by atoms with E-state index in [0.717, 1.165) is 17.9 Å². The van der Waals surface area contributed by atoms with Gasteiger partial charge in [0.25, 0.3) is 0 Å². The molecular formula is C14H28N2. The summed E-state index contributed by atoms with van der Waals surface area (Å²) < 4.78 is 0. The predicted octanol–water partition coefficient (Wildman–Crippen LogP) is 2.50. The van der Waals surface area contributed by atoms with Crippen LogP contribution in [0.15, 0.2) is 0 Å². The molecule has 0 aromatic carbocycles. The molecule has 2 nitrogen and oxygen atoms in total. The smallest absolute Gasteiger partial charge is 0.0192 e. The molecule has 94 valence electrons. The summed E-state index contributed by atoms with van der Waals surface area (Å²) in [5.74, 6) is 2.07. The van der Waals surface area contributed by atoms with Gasteiger partial charge in [-0.05, 0) is 57.4 Å². The molecule has 0 aromatic heterocycles. The SMILES string of the molecule is CCCNCC(C)N(CC1CC1)CC1CC1. The fraction of sp³-hybridized carbons (Fsp3) is 1.00. The van der Waals surface area contributed by atoms with Crippen molar-refractivity contribution in [3.8, 4) is 0 Å². The zero-order chi connectivity index (χ0) is 11.4. The molecule has 0 aromatic rings. The predicted molar refractivity (Wildman–Crippen MR) is 69.6 cm³/mol. The van der Waals surface area contributed by atoms with E-state index in [4.69, 9.17) is 0 Å². The second-order valence-electron chi connectivity index (χ2n) is 5.89. The van der Waals surface area contributed by atoms with Crippen molar-refractivity contribution in [2.24, 2.45) is 11.8 Å². The molecule has 16 heavy (non-hydrogen) atoms. The monoisotopic (exact) mass is 224 g/mol. The molecule has 0 radical (unpaired) electrons. The minimum atomic E-state index is 0.729. The summed E-state index contributed by atoms with van der Waals surface area (Å²) in [4.78, 5) is 2.75. The van der Waals surface area contributed by atoms with Gasteiger partial charge in [0.05, 0.1) is 0 Å². The minimum Gasteiger partial charge on any atom is -0.315 e. The molecule has 2 aliphatic carbocycles. The molecule has 2 fully saturated rings. The van der Waals surface area contributed by atoms with E-state index >= 15 is 0 Å². The van der Waals surface area contributed by atoms with E-state index in [1.807, 2.05) is 0 Å². The van der Waals surface area contributed by atoms with Gasteiger partial charge in [0, 0.05) is 25.7 Å². The first-order valence-corrected chi connectivity index (χ1v) is 7.24. The molecule has 1 atom stereocenters. The Kier molecular flexibility index (Phi) is 4.66. The van der Waals surface area contributed by atoms with Gasteiger partial charge >= 0.3 is 0 Å². The van der Waals surface area contributed by atoms with Crippen LogP contribution in [-0.2, 0) is 0 Å². The Morgan fingerprint density at radius 1 is 1.12 bits per heavy atom. The third-order valence-corrected chi connectivity index (χ3v) is 3.87. The second kappa shape index (κ2) is 6.02. The van der Waals surface area contributed by atoms with Crippen LogP contribution in [0.2, 0.25) is 0 Å². The van der Waals surface area contributed by atoms with Crippen LogP contribution < -0.4 is 5.32 Å². The highest BCUT2D eigenvalue weighted by atomic mass is 15.2. The van der Waals surface area contributed by atoms with Crippen molar-refractivity contribution in [1.82, 2.24) is 10.2 Å². The van der Waals surface area contributed by atoms with Gasteiger partial charge in [0.2, 0.25) is 0 Å². The number of nitrogens with one attached hydrogen (secondary N) is 1. The zero-order valence-electron chi connectivity index (χ0n) is 11.0. The van der Waals surface area contributed by atoms with Gasteiger partial charge in [-0.1, -0.05) is 6.92 Å². The van der Waals surface area contributed by atoms with Gasteiger partial charge in [-0.2, -0.15) is 0 Å². The van der Waals surface area contributed by atoms with E-state index in [1.54, 1.807) is 0 Å². The number of nitrogens with zero attached hydrogens (tertiary/aromatic N) is 1. The summed E-state index contributed by atoms with van der Waals surface area (Å²) in [5.41, 5.74) is 0. The van der Waals surface area contributed by atoms with E-state index in [2.05, 4.69) is 24.1 Å². The van der Waals surface area contributed by atoms with Gasteiger partial charge in [0.1, 0.15) is 0 Å². The molecule has 0 amide bonds. The molecule has 0 bridgehead atoms. The summed E-state index contributed by atoms with van der Waals surface area (Å²) >= 11 is 0. The van der Waals surface area contributed by atoms with Crippen molar-refractivity contribution in [3.05, 3.63) is 0 Å². The van der Waals surface area contributed by atoms with E-state index in [-0.39, 0.29) is 0 Å². The van der Waals surface area contributed by atoms with Crippen LogP contribution in [0.3, 0.4) is 0 Å². The zero-order valence-corrected chi connectivity index (χ0v) is 11.0. The van der Waals surface area contributed by atoms with Gasteiger partial charge < -0.3 is 5.32 Å². The Labute approximate surface area is 101 Å². The fourth-order valence-corrected chi connectivity index (χ4v) is 2.32. The molecule has 2 aliphatic rings. The Hall–Kier alpha value is -0.0800. The largest absolute Gasteiger partial charge is 0.315 e. The standard InChI is InChI=1S/C14H28N2/c1-3-8-15-9-12(2)16(10-13-4-5-13)11-14-6-7-14/h12-15H,3-11H2,1-2H3. The Morgan fingerprint density at radius 3 is 2.12 bits per heavy atom. The van der Waals surface area contributed by atoms with E-state index in [0.29, 0.717) is 0 Å². The molecule has 0 saturated heterocycles. The Bertz CT molecular complexity index is 183. The normalized spacial score (nSPS) is 22.7. The molecule has 2 heteroatoms.